The summed E-state index contributed by atoms with van der Waals surface area (Å²) in [5.41, 5.74) is 9.09. The smallest absolute Gasteiger partial charge is 0.123 e. The summed E-state index contributed by atoms with van der Waals surface area (Å²) in [4.78, 5) is 8.77. The Kier molecular flexibility index (Phi) is 3.76. The van der Waals surface area contributed by atoms with Crippen LogP contribution in [0.2, 0.25) is 0 Å². The standard InChI is InChI=1S/C16H21N3S/c1-11(2)9-19-7-6-14-15(10-19)20-16(18-14)12-4-3-5-13(17)8-12/h3-5,8,11H,6-7,9-10,17H2,1-2H3. The second kappa shape index (κ2) is 5.54. The second-order valence-electron chi connectivity index (χ2n) is 5.89. The molecule has 0 spiro atoms. The molecule has 2 aromatic rings. The van der Waals surface area contributed by atoms with Crippen LogP contribution >= 0.6 is 11.3 Å². The summed E-state index contributed by atoms with van der Waals surface area (Å²) >= 11 is 1.82. The van der Waals surface area contributed by atoms with Gasteiger partial charge in [0.2, 0.25) is 0 Å². The van der Waals surface area contributed by atoms with Crippen LogP contribution in [0.3, 0.4) is 0 Å². The highest BCUT2D eigenvalue weighted by Crippen LogP contribution is 2.32. The number of hydrogen-bond acceptors (Lipinski definition) is 4. The molecule has 4 heteroatoms. The molecular weight excluding hydrogens is 266 g/mol. The Morgan fingerprint density at radius 1 is 1.40 bits per heavy atom. The van der Waals surface area contributed by atoms with Crippen LogP contribution in [0.25, 0.3) is 10.6 Å². The first-order valence-corrected chi connectivity index (χ1v) is 8.00. The number of hydrogen-bond donors (Lipinski definition) is 1. The Labute approximate surface area is 124 Å². The summed E-state index contributed by atoms with van der Waals surface area (Å²) in [5.74, 6) is 0.720. The number of aromatic nitrogens is 1. The molecule has 1 aliphatic heterocycles. The number of benzene rings is 1. The lowest BCUT2D eigenvalue weighted by Gasteiger charge is -2.27. The summed E-state index contributed by atoms with van der Waals surface area (Å²) in [7, 11) is 0. The Hall–Kier alpha value is -1.39. The van der Waals surface area contributed by atoms with E-state index in [4.69, 9.17) is 10.7 Å². The minimum Gasteiger partial charge on any atom is -0.399 e. The molecule has 0 aliphatic carbocycles. The molecule has 0 saturated carbocycles. The fourth-order valence-corrected chi connectivity index (χ4v) is 3.86. The average Bonchev–Trinajstić information content (AvgIpc) is 2.81. The van der Waals surface area contributed by atoms with E-state index < -0.39 is 0 Å². The summed E-state index contributed by atoms with van der Waals surface area (Å²) in [5, 5.41) is 1.11. The molecule has 1 aliphatic rings. The molecule has 0 radical (unpaired) electrons. The van der Waals surface area contributed by atoms with E-state index in [1.165, 1.54) is 17.1 Å². The van der Waals surface area contributed by atoms with Crippen molar-refractivity contribution in [3.63, 3.8) is 0 Å². The largest absolute Gasteiger partial charge is 0.399 e. The van der Waals surface area contributed by atoms with E-state index >= 15 is 0 Å². The minimum absolute atomic E-state index is 0.720. The number of thiazole rings is 1. The third-order valence-corrected chi connectivity index (χ3v) is 4.70. The molecule has 2 heterocycles. The van der Waals surface area contributed by atoms with Crippen molar-refractivity contribution in [3.8, 4) is 10.6 Å². The zero-order valence-electron chi connectivity index (χ0n) is 12.1. The minimum atomic E-state index is 0.720. The van der Waals surface area contributed by atoms with Gasteiger partial charge in [0.05, 0.1) is 5.69 Å². The number of nitrogen functional groups attached to an aromatic ring is 1. The quantitative estimate of drug-likeness (QED) is 0.880. The Morgan fingerprint density at radius 3 is 3.00 bits per heavy atom. The fraction of sp³-hybridized carbons (Fsp3) is 0.438. The Morgan fingerprint density at radius 2 is 2.25 bits per heavy atom. The zero-order valence-corrected chi connectivity index (χ0v) is 12.9. The van der Waals surface area contributed by atoms with Crippen LogP contribution in [0.15, 0.2) is 24.3 Å². The van der Waals surface area contributed by atoms with Crippen molar-refractivity contribution in [2.75, 3.05) is 18.8 Å². The van der Waals surface area contributed by atoms with E-state index in [1.54, 1.807) is 0 Å². The van der Waals surface area contributed by atoms with Gasteiger partial charge in [0.1, 0.15) is 5.01 Å². The molecule has 106 valence electrons. The first-order valence-electron chi connectivity index (χ1n) is 7.18. The van der Waals surface area contributed by atoms with Crippen LogP contribution in [0.5, 0.6) is 0 Å². The van der Waals surface area contributed by atoms with Gasteiger partial charge in [-0.3, -0.25) is 4.90 Å². The third kappa shape index (κ3) is 2.86. The fourth-order valence-electron chi connectivity index (χ4n) is 2.72. The highest BCUT2D eigenvalue weighted by molar-refractivity contribution is 7.15. The van der Waals surface area contributed by atoms with E-state index in [9.17, 15) is 0 Å². The summed E-state index contributed by atoms with van der Waals surface area (Å²) < 4.78 is 0. The van der Waals surface area contributed by atoms with Crippen molar-refractivity contribution in [1.29, 1.82) is 0 Å². The first-order chi connectivity index (χ1) is 9.61. The van der Waals surface area contributed by atoms with Crippen LogP contribution in [0.1, 0.15) is 24.4 Å². The first kappa shape index (κ1) is 13.6. The van der Waals surface area contributed by atoms with E-state index in [-0.39, 0.29) is 0 Å². The SMILES string of the molecule is CC(C)CN1CCc2nc(-c3cccc(N)c3)sc2C1. The molecule has 0 saturated heterocycles. The molecule has 3 rings (SSSR count). The third-order valence-electron chi connectivity index (χ3n) is 3.57. The maximum absolute atomic E-state index is 5.86. The maximum atomic E-state index is 5.86. The van der Waals surface area contributed by atoms with Crippen molar-refractivity contribution in [3.05, 3.63) is 34.8 Å². The van der Waals surface area contributed by atoms with E-state index in [0.717, 1.165) is 41.7 Å². The number of fused-ring (bicyclic) bond motifs is 1. The van der Waals surface area contributed by atoms with Gasteiger partial charge in [-0.25, -0.2) is 4.98 Å². The molecule has 20 heavy (non-hydrogen) atoms. The van der Waals surface area contributed by atoms with E-state index in [0.29, 0.717) is 0 Å². The van der Waals surface area contributed by atoms with E-state index in [1.807, 2.05) is 29.5 Å². The van der Waals surface area contributed by atoms with Crippen molar-refractivity contribution < 1.29 is 0 Å². The molecule has 3 nitrogen and oxygen atoms in total. The maximum Gasteiger partial charge on any atom is 0.123 e. The molecular formula is C16H21N3S. The van der Waals surface area contributed by atoms with Gasteiger partial charge in [0.15, 0.2) is 0 Å². The Bertz CT molecular complexity index is 604. The van der Waals surface area contributed by atoms with Gasteiger partial charge in [0.25, 0.3) is 0 Å². The summed E-state index contributed by atoms with van der Waals surface area (Å²) in [6.45, 7) is 7.91. The van der Waals surface area contributed by atoms with Gasteiger partial charge < -0.3 is 5.73 Å². The van der Waals surface area contributed by atoms with Crippen molar-refractivity contribution >= 4 is 17.0 Å². The lowest BCUT2D eigenvalue weighted by Crippen LogP contribution is -2.32. The highest BCUT2D eigenvalue weighted by Gasteiger charge is 2.21. The van der Waals surface area contributed by atoms with Gasteiger partial charge in [-0.15, -0.1) is 11.3 Å². The zero-order chi connectivity index (χ0) is 14.1. The van der Waals surface area contributed by atoms with Crippen LogP contribution < -0.4 is 5.73 Å². The number of rotatable bonds is 3. The number of nitrogens with zero attached hydrogens (tertiary/aromatic N) is 2. The topological polar surface area (TPSA) is 42.2 Å². The molecule has 0 atom stereocenters. The van der Waals surface area contributed by atoms with Crippen molar-refractivity contribution in [2.45, 2.75) is 26.8 Å². The summed E-state index contributed by atoms with van der Waals surface area (Å²) in [6, 6.07) is 8.01. The lowest BCUT2D eigenvalue weighted by atomic mass is 10.1. The molecule has 0 fully saturated rings. The van der Waals surface area contributed by atoms with Gasteiger partial charge in [0, 0.05) is 42.2 Å². The van der Waals surface area contributed by atoms with Crippen LogP contribution in [0, 0.1) is 5.92 Å². The Balaban J connectivity index is 1.83. The molecule has 1 aromatic carbocycles. The van der Waals surface area contributed by atoms with Crippen LogP contribution in [0.4, 0.5) is 5.69 Å². The van der Waals surface area contributed by atoms with Gasteiger partial charge in [-0.05, 0) is 18.1 Å². The molecule has 0 bridgehead atoms. The molecule has 0 amide bonds. The average molecular weight is 287 g/mol. The van der Waals surface area contributed by atoms with Crippen LogP contribution in [-0.4, -0.2) is 23.0 Å². The normalized spacial score (nSPS) is 15.6. The van der Waals surface area contributed by atoms with Crippen molar-refractivity contribution in [2.24, 2.45) is 5.92 Å². The molecule has 0 unspecified atom stereocenters. The molecule has 1 aromatic heterocycles. The highest BCUT2D eigenvalue weighted by atomic mass is 32.1. The van der Waals surface area contributed by atoms with E-state index in [2.05, 4.69) is 24.8 Å². The van der Waals surface area contributed by atoms with Gasteiger partial charge in [-0.2, -0.15) is 0 Å². The number of nitrogens with two attached hydrogens (primary N) is 1. The van der Waals surface area contributed by atoms with Crippen LogP contribution in [-0.2, 0) is 13.0 Å². The predicted octanol–water partition coefficient (Wildman–Crippen LogP) is 3.41. The van der Waals surface area contributed by atoms with Gasteiger partial charge >= 0.3 is 0 Å². The predicted molar refractivity (Wildman–Crippen MR) is 85.8 cm³/mol. The van der Waals surface area contributed by atoms with Gasteiger partial charge in [-0.1, -0.05) is 26.0 Å². The molecule has 2 N–H and O–H groups in total. The monoisotopic (exact) mass is 287 g/mol. The number of anilines is 1. The summed E-state index contributed by atoms with van der Waals surface area (Å²) in [6.07, 6.45) is 1.07. The second-order valence-corrected chi connectivity index (χ2v) is 6.98. The van der Waals surface area contributed by atoms with Crippen molar-refractivity contribution in [1.82, 2.24) is 9.88 Å². The lowest BCUT2D eigenvalue weighted by molar-refractivity contribution is 0.228.